The fourth-order valence-corrected chi connectivity index (χ4v) is 4.42. The molecule has 0 saturated carbocycles. The lowest BCUT2D eigenvalue weighted by molar-refractivity contribution is -0.150. The molecule has 2 saturated heterocycles. The van der Waals surface area contributed by atoms with E-state index in [0.29, 0.717) is 11.4 Å². The third kappa shape index (κ3) is 3.16. The van der Waals surface area contributed by atoms with Crippen LogP contribution < -0.4 is 4.90 Å². The number of hydrogen-bond donors (Lipinski definition) is 0. The van der Waals surface area contributed by atoms with Crippen LogP contribution in [0.3, 0.4) is 0 Å². The summed E-state index contributed by atoms with van der Waals surface area (Å²) in [6, 6.07) is 16.1. The molecule has 3 aliphatic heterocycles. The predicted octanol–water partition coefficient (Wildman–Crippen LogP) is 3.48. The van der Waals surface area contributed by atoms with Crippen molar-refractivity contribution in [1.29, 1.82) is 0 Å². The second-order valence-corrected chi connectivity index (χ2v) is 7.74. The minimum absolute atomic E-state index is 0.0951. The number of carbonyl (C=O) groups excluding carboxylic acids is 3. The summed E-state index contributed by atoms with van der Waals surface area (Å²) in [6.07, 6.45) is 3.01. The van der Waals surface area contributed by atoms with Crippen molar-refractivity contribution in [1.82, 2.24) is 0 Å². The van der Waals surface area contributed by atoms with Gasteiger partial charge in [0.1, 0.15) is 12.2 Å². The monoisotopic (exact) mass is 417 g/mol. The highest BCUT2D eigenvalue weighted by molar-refractivity contribution is 6.23. The Morgan fingerprint density at radius 3 is 2.39 bits per heavy atom. The second kappa shape index (κ2) is 7.24. The van der Waals surface area contributed by atoms with Gasteiger partial charge in [-0.1, -0.05) is 24.3 Å². The summed E-state index contributed by atoms with van der Waals surface area (Å²) in [5, 5.41) is 8.35. The zero-order valence-electron chi connectivity index (χ0n) is 16.7. The Hall–Kier alpha value is -3.65. The molecule has 5 rings (SSSR count). The molecule has 2 fully saturated rings. The number of carbonyl (C=O) groups is 3. The topological polar surface area (TPSA) is 97.6 Å². The highest BCUT2D eigenvalue weighted by Gasteiger charge is 2.68. The largest absolute Gasteiger partial charge is 0.462 e. The Morgan fingerprint density at radius 1 is 1.03 bits per heavy atom. The second-order valence-electron chi connectivity index (χ2n) is 7.74. The number of ether oxygens (including phenoxy) is 2. The number of fused-ring (bicyclic) bond motifs is 5. The molecular weight excluding hydrogens is 398 g/mol. The highest BCUT2D eigenvalue weighted by Crippen LogP contribution is 2.52. The molecule has 3 aliphatic rings. The van der Waals surface area contributed by atoms with Gasteiger partial charge in [0.05, 0.1) is 35.0 Å². The zero-order valence-corrected chi connectivity index (χ0v) is 16.7. The van der Waals surface area contributed by atoms with Crippen LogP contribution in [0.25, 0.3) is 0 Å². The van der Waals surface area contributed by atoms with Crippen molar-refractivity contribution in [3.05, 3.63) is 66.7 Å². The summed E-state index contributed by atoms with van der Waals surface area (Å²) in [4.78, 5) is 38.8. The number of nitrogens with zero attached hydrogens (tertiary/aromatic N) is 3. The van der Waals surface area contributed by atoms with E-state index in [9.17, 15) is 14.4 Å². The number of azo groups is 1. The molecule has 0 N–H and O–H groups in total. The maximum Gasteiger partial charge on any atom is 0.302 e. The summed E-state index contributed by atoms with van der Waals surface area (Å²) in [7, 11) is 0. The Bertz CT molecular complexity index is 1110. The maximum absolute atomic E-state index is 13.2. The van der Waals surface area contributed by atoms with Gasteiger partial charge in [-0.2, -0.15) is 10.2 Å². The summed E-state index contributed by atoms with van der Waals surface area (Å²) < 4.78 is 11.0. The number of imide groups is 1. The van der Waals surface area contributed by atoms with Gasteiger partial charge in [-0.05, 0) is 42.5 Å². The average molecular weight is 417 g/mol. The van der Waals surface area contributed by atoms with E-state index >= 15 is 0 Å². The number of amides is 2. The van der Waals surface area contributed by atoms with Gasteiger partial charge in [-0.15, -0.1) is 0 Å². The van der Waals surface area contributed by atoms with E-state index in [-0.39, 0.29) is 18.4 Å². The van der Waals surface area contributed by atoms with Crippen LogP contribution in [0, 0.1) is 11.8 Å². The van der Waals surface area contributed by atoms with E-state index in [2.05, 4.69) is 10.2 Å². The summed E-state index contributed by atoms with van der Waals surface area (Å²) >= 11 is 0. The van der Waals surface area contributed by atoms with Crippen LogP contribution in [0.5, 0.6) is 0 Å². The Morgan fingerprint density at radius 2 is 1.71 bits per heavy atom. The van der Waals surface area contributed by atoms with Crippen LogP contribution in [0.4, 0.5) is 17.1 Å². The van der Waals surface area contributed by atoms with Gasteiger partial charge in [0.15, 0.2) is 0 Å². The molecule has 156 valence electrons. The first-order chi connectivity index (χ1) is 15.0. The fraction of sp³-hybridized carbons (Fsp3) is 0.261. The van der Waals surface area contributed by atoms with Gasteiger partial charge >= 0.3 is 5.97 Å². The average Bonchev–Trinajstić information content (AvgIpc) is 3.42. The van der Waals surface area contributed by atoms with Gasteiger partial charge in [0.2, 0.25) is 11.8 Å². The lowest BCUT2D eigenvalue weighted by atomic mass is 9.77. The molecule has 0 unspecified atom stereocenters. The first-order valence-corrected chi connectivity index (χ1v) is 9.94. The van der Waals surface area contributed by atoms with Crippen LogP contribution in [-0.2, 0) is 23.9 Å². The van der Waals surface area contributed by atoms with E-state index in [4.69, 9.17) is 9.47 Å². The van der Waals surface area contributed by atoms with Gasteiger partial charge in [0, 0.05) is 6.92 Å². The van der Waals surface area contributed by atoms with Crippen molar-refractivity contribution in [2.75, 3.05) is 11.5 Å². The Labute approximate surface area is 178 Å². The normalized spacial score (nSPS) is 28.5. The zero-order chi connectivity index (χ0) is 21.6. The number of benzene rings is 2. The molecule has 2 bridgehead atoms. The quantitative estimate of drug-likeness (QED) is 0.321. The van der Waals surface area contributed by atoms with Gasteiger partial charge in [-0.25, -0.2) is 4.90 Å². The summed E-state index contributed by atoms with van der Waals surface area (Å²) in [6.45, 7) is 1.20. The van der Waals surface area contributed by atoms with Gasteiger partial charge in [0.25, 0.3) is 0 Å². The molecule has 8 nitrogen and oxygen atoms in total. The molecule has 3 heterocycles. The van der Waals surface area contributed by atoms with Crippen molar-refractivity contribution in [3.8, 4) is 0 Å². The lowest BCUT2D eigenvalue weighted by Gasteiger charge is -2.28. The van der Waals surface area contributed by atoms with Crippen molar-refractivity contribution in [2.45, 2.75) is 18.6 Å². The van der Waals surface area contributed by atoms with Crippen molar-refractivity contribution < 1.29 is 23.9 Å². The van der Waals surface area contributed by atoms with Crippen molar-refractivity contribution in [3.63, 3.8) is 0 Å². The standard InChI is InChI=1S/C23H19N3O5/c1-14(27)30-13-23-12-11-18(31-23)19-20(23)22(29)26(21(19)28)17-9-7-16(8-10-17)25-24-15-5-3-2-4-6-15/h2-12,18-20H,13H2,1H3/t18-,19-,20-,23-/m1/s1. The molecule has 0 aromatic heterocycles. The summed E-state index contributed by atoms with van der Waals surface area (Å²) in [5.74, 6) is -2.47. The third-order valence-corrected chi connectivity index (χ3v) is 5.80. The molecule has 2 amide bonds. The molecule has 4 atom stereocenters. The molecule has 0 spiro atoms. The number of anilines is 1. The Balaban J connectivity index is 1.37. The minimum Gasteiger partial charge on any atom is -0.462 e. The molecule has 0 aliphatic carbocycles. The maximum atomic E-state index is 13.2. The van der Waals surface area contributed by atoms with Crippen LogP contribution >= 0.6 is 0 Å². The highest BCUT2D eigenvalue weighted by atomic mass is 16.6. The fourth-order valence-electron chi connectivity index (χ4n) is 4.42. The number of rotatable bonds is 5. The summed E-state index contributed by atoms with van der Waals surface area (Å²) in [5.41, 5.74) is 0.700. The van der Waals surface area contributed by atoms with E-state index in [1.807, 2.05) is 30.3 Å². The van der Waals surface area contributed by atoms with Crippen molar-refractivity contribution in [2.24, 2.45) is 22.1 Å². The smallest absolute Gasteiger partial charge is 0.302 e. The van der Waals surface area contributed by atoms with E-state index in [1.165, 1.54) is 11.8 Å². The Kier molecular flexibility index (Phi) is 4.51. The number of hydrogen-bond acceptors (Lipinski definition) is 7. The molecule has 2 aromatic carbocycles. The molecule has 2 aromatic rings. The van der Waals surface area contributed by atoms with Gasteiger partial charge in [-0.3, -0.25) is 14.4 Å². The van der Waals surface area contributed by atoms with Gasteiger partial charge < -0.3 is 9.47 Å². The van der Waals surface area contributed by atoms with E-state index < -0.39 is 29.5 Å². The SMILES string of the molecule is CC(=O)OC[C@@]12C=C[C@@H](O1)[C@H]1C(=O)N(c3ccc(N=Nc4ccccc4)cc3)C(=O)[C@@H]12. The predicted molar refractivity (Wildman–Crippen MR) is 110 cm³/mol. The van der Waals surface area contributed by atoms with Crippen LogP contribution in [0.15, 0.2) is 77.0 Å². The van der Waals surface area contributed by atoms with E-state index in [1.54, 1.807) is 36.4 Å². The molecule has 8 heteroatoms. The molecule has 31 heavy (non-hydrogen) atoms. The molecular formula is C23H19N3O5. The molecule has 0 radical (unpaired) electrons. The first kappa shape index (κ1) is 19.3. The third-order valence-electron chi connectivity index (χ3n) is 5.80. The number of esters is 1. The first-order valence-electron chi connectivity index (χ1n) is 9.94. The van der Waals surface area contributed by atoms with Crippen molar-refractivity contribution >= 4 is 34.8 Å². The van der Waals surface area contributed by atoms with E-state index in [0.717, 1.165) is 5.69 Å². The van der Waals surface area contributed by atoms with Crippen LogP contribution in [0.1, 0.15) is 6.92 Å². The van der Waals surface area contributed by atoms with Crippen LogP contribution in [-0.4, -0.2) is 36.1 Å². The minimum atomic E-state index is -1.09. The van der Waals surface area contributed by atoms with Crippen LogP contribution in [0.2, 0.25) is 0 Å². The lowest BCUT2D eigenvalue weighted by Crippen LogP contribution is -2.44.